The van der Waals surface area contributed by atoms with Gasteiger partial charge in [-0.25, -0.2) is 4.39 Å². The van der Waals surface area contributed by atoms with Gasteiger partial charge in [-0.1, -0.05) is 35.5 Å². The number of hydrogen-bond acceptors (Lipinski definition) is 2. The smallest absolute Gasteiger partial charge is 0.124 e. The number of hydrogen-bond donors (Lipinski definition) is 1. The maximum atomic E-state index is 13.3. The van der Waals surface area contributed by atoms with Crippen molar-refractivity contribution in [2.75, 3.05) is 13.1 Å². The van der Waals surface area contributed by atoms with E-state index in [2.05, 4.69) is 52.4 Å². The second kappa shape index (κ2) is 6.99. The van der Waals surface area contributed by atoms with Crippen molar-refractivity contribution in [1.29, 1.82) is 0 Å². The van der Waals surface area contributed by atoms with Gasteiger partial charge in [0.2, 0.25) is 0 Å². The molecule has 1 nitrogen and oxygen atoms in total. The van der Waals surface area contributed by atoms with E-state index in [-0.39, 0.29) is 5.82 Å². The molecule has 0 amide bonds. The lowest BCUT2D eigenvalue weighted by Crippen LogP contribution is -2.20. The molecular weight excluding hydrogens is 361 g/mol. The van der Waals surface area contributed by atoms with E-state index in [0.717, 1.165) is 28.9 Å². The Morgan fingerprint density at radius 2 is 1.95 bits per heavy atom. The average Bonchev–Trinajstić information content (AvgIpc) is 2.52. The molecule has 0 radical (unpaired) electrons. The Morgan fingerprint density at radius 1 is 1.14 bits per heavy atom. The fraction of sp³-hybridized carbons (Fsp3) is 0.222. The summed E-state index contributed by atoms with van der Waals surface area (Å²) in [5, 5.41) is 3.35. The molecule has 3 rings (SSSR count). The first kappa shape index (κ1) is 15.8. The van der Waals surface area contributed by atoms with Gasteiger partial charge in [0.25, 0.3) is 0 Å². The van der Waals surface area contributed by atoms with Crippen LogP contribution in [0.15, 0.2) is 56.7 Å². The summed E-state index contributed by atoms with van der Waals surface area (Å²) in [6, 6.07) is 11.4. The molecule has 2 aromatic rings. The maximum Gasteiger partial charge on any atom is 0.124 e. The highest BCUT2D eigenvalue weighted by atomic mass is 79.9. The highest BCUT2D eigenvalue weighted by Crippen LogP contribution is 2.39. The van der Waals surface area contributed by atoms with Crippen LogP contribution in [0.2, 0.25) is 0 Å². The van der Waals surface area contributed by atoms with E-state index in [1.165, 1.54) is 33.7 Å². The van der Waals surface area contributed by atoms with Crippen LogP contribution in [-0.2, 0) is 0 Å². The first-order chi connectivity index (χ1) is 10.6. The van der Waals surface area contributed by atoms with Crippen LogP contribution in [0.5, 0.6) is 0 Å². The number of aryl methyl sites for hydroxylation is 1. The number of halogens is 2. The van der Waals surface area contributed by atoms with Crippen molar-refractivity contribution in [2.45, 2.75) is 23.1 Å². The molecule has 1 heterocycles. The van der Waals surface area contributed by atoms with E-state index in [0.29, 0.717) is 0 Å². The Kier molecular flexibility index (Phi) is 5.01. The van der Waals surface area contributed by atoms with Gasteiger partial charge in [0.1, 0.15) is 5.82 Å². The predicted molar refractivity (Wildman–Crippen MR) is 94.9 cm³/mol. The maximum absolute atomic E-state index is 13.3. The zero-order valence-corrected chi connectivity index (χ0v) is 14.7. The lowest BCUT2D eigenvalue weighted by atomic mass is 9.99. The van der Waals surface area contributed by atoms with Crippen molar-refractivity contribution in [3.8, 4) is 0 Å². The van der Waals surface area contributed by atoms with E-state index in [4.69, 9.17) is 0 Å². The third kappa shape index (κ3) is 3.62. The molecular formula is C18H17BrFNS. The van der Waals surface area contributed by atoms with E-state index >= 15 is 0 Å². The zero-order chi connectivity index (χ0) is 15.5. The Labute approximate surface area is 143 Å². The highest BCUT2D eigenvalue weighted by molar-refractivity contribution is 9.10. The summed E-state index contributed by atoms with van der Waals surface area (Å²) < 4.78 is 14.0. The van der Waals surface area contributed by atoms with Crippen molar-refractivity contribution < 1.29 is 4.39 Å². The van der Waals surface area contributed by atoms with Crippen molar-refractivity contribution in [1.82, 2.24) is 5.32 Å². The molecule has 0 atom stereocenters. The van der Waals surface area contributed by atoms with Crippen molar-refractivity contribution in [3.63, 3.8) is 0 Å². The molecule has 0 saturated heterocycles. The molecule has 114 valence electrons. The summed E-state index contributed by atoms with van der Waals surface area (Å²) in [5.41, 5.74) is 3.95. The standard InChI is InChI=1S/C18H17BrFNS/c1-12-2-4-17(15(10-12)13-6-8-21-9-7-13)22-18-5-3-14(20)11-16(18)19/h2-6,10-11,21H,7-9H2,1H3. The third-order valence-corrected chi connectivity index (χ3v) is 5.73. The van der Waals surface area contributed by atoms with Crippen LogP contribution < -0.4 is 5.32 Å². The molecule has 22 heavy (non-hydrogen) atoms. The number of rotatable bonds is 3. The van der Waals surface area contributed by atoms with Crippen molar-refractivity contribution in [3.05, 3.63) is 63.9 Å². The highest BCUT2D eigenvalue weighted by Gasteiger charge is 2.13. The van der Waals surface area contributed by atoms with Gasteiger partial charge in [-0.3, -0.25) is 0 Å². The Morgan fingerprint density at radius 3 is 2.68 bits per heavy atom. The van der Waals surface area contributed by atoms with Crippen LogP contribution in [-0.4, -0.2) is 13.1 Å². The molecule has 1 aliphatic heterocycles. The van der Waals surface area contributed by atoms with Crippen LogP contribution in [0.25, 0.3) is 5.57 Å². The Balaban J connectivity index is 1.98. The topological polar surface area (TPSA) is 12.0 Å². The third-order valence-electron chi connectivity index (χ3n) is 3.66. The van der Waals surface area contributed by atoms with Crippen LogP contribution in [0.1, 0.15) is 17.5 Å². The molecule has 0 unspecified atom stereocenters. The molecule has 2 aromatic carbocycles. The Bertz CT molecular complexity index is 727. The van der Waals surface area contributed by atoms with E-state index in [1.807, 2.05) is 6.07 Å². The van der Waals surface area contributed by atoms with Gasteiger partial charge in [0.05, 0.1) is 0 Å². The van der Waals surface area contributed by atoms with Gasteiger partial charge in [0.15, 0.2) is 0 Å². The fourth-order valence-electron chi connectivity index (χ4n) is 2.53. The minimum absolute atomic E-state index is 0.221. The van der Waals surface area contributed by atoms with Gasteiger partial charge < -0.3 is 5.32 Å². The van der Waals surface area contributed by atoms with Gasteiger partial charge in [-0.15, -0.1) is 0 Å². The van der Waals surface area contributed by atoms with Crippen molar-refractivity contribution in [2.24, 2.45) is 0 Å². The Hall–Kier alpha value is -1.10. The lowest BCUT2D eigenvalue weighted by Gasteiger charge is -2.18. The lowest BCUT2D eigenvalue weighted by molar-refractivity contribution is 0.625. The van der Waals surface area contributed by atoms with Gasteiger partial charge in [0, 0.05) is 20.8 Å². The zero-order valence-electron chi connectivity index (χ0n) is 12.3. The van der Waals surface area contributed by atoms with Crippen LogP contribution >= 0.6 is 27.7 Å². The van der Waals surface area contributed by atoms with Crippen LogP contribution in [0, 0.1) is 12.7 Å². The molecule has 1 N–H and O–H groups in total. The van der Waals surface area contributed by atoms with Gasteiger partial charge in [-0.2, -0.15) is 0 Å². The molecule has 0 bridgehead atoms. The van der Waals surface area contributed by atoms with E-state index < -0.39 is 0 Å². The average molecular weight is 378 g/mol. The summed E-state index contributed by atoms with van der Waals surface area (Å²) >= 11 is 5.13. The molecule has 0 aliphatic carbocycles. The quantitative estimate of drug-likeness (QED) is 0.765. The molecule has 1 aliphatic rings. The summed E-state index contributed by atoms with van der Waals surface area (Å²) in [7, 11) is 0. The van der Waals surface area contributed by atoms with Crippen molar-refractivity contribution >= 4 is 33.3 Å². The normalized spacial score (nSPS) is 14.8. The van der Waals surface area contributed by atoms with E-state index in [1.54, 1.807) is 11.8 Å². The second-order valence-electron chi connectivity index (χ2n) is 5.36. The fourth-order valence-corrected chi connectivity index (χ4v) is 4.09. The summed E-state index contributed by atoms with van der Waals surface area (Å²) in [5.74, 6) is -0.221. The minimum Gasteiger partial charge on any atom is -0.313 e. The molecule has 0 saturated carbocycles. The monoisotopic (exact) mass is 377 g/mol. The minimum atomic E-state index is -0.221. The summed E-state index contributed by atoms with van der Waals surface area (Å²) in [4.78, 5) is 2.24. The van der Waals surface area contributed by atoms with E-state index in [9.17, 15) is 4.39 Å². The first-order valence-electron chi connectivity index (χ1n) is 7.27. The summed E-state index contributed by atoms with van der Waals surface area (Å²) in [6.07, 6.45) is 3.31. The van der Waals surface area contributed by atoms with Crippen LogP contribution in [0.4, 0.5) is 4.39 Å². The van der Waals surface area contributed by atoms with Crippen LogP contribution in [0.3, 0.4) is 0 Å². The van der Waals surface area contributed by atoms with Gasteiger partial charge in [-0.05, 0) is 71.2 Å². The first-order valence-corrected chi connectivity index (χ1v) is 8.88. The molecule has 0 aromatic heterocycles. The van der Waals surface area contributed by atoms with Gasteiger partial charge >= 0.3 is 0 Å². The largest absolute Gasteiger partial charge is 0.313 e. The molecule has 4 heteroatoms. The summed E-state index contributed by atoms with van der Waals surface area (Å²) in [6.45, 7) is 4.06. The number of nitrogens with one attached hydrogen (secondary N) is 1. The number of benzene rings is 2. The predicted octanol–water partition coefficient (Wildman–Crippen LogP) is 5.42. The second-order valence-corrected chi connectivity index (χ2v) is 7.30. The molecule has 0 spiro atoms. The SMILES string of the molecule is Cc1ccc(Sc2ccc(F)cc2Br)c(C2=CCNCC2)c1. The molecule has 0 fully saturated rings.